The molecule has 2 heterocycles. The molecule has 0 atom stereocenters. The number of hydrogen-bond acceptors (Lipinski definition) is 4. The normalized spacial score (nSPS) is 12.7. The minimum absolute atomic E-state index is 0.0243. The van der Waals surface area contributed by atoms with Crippen LogP contribution in [0.3, 0.4) is 0 Å². The Labute approximate surface area is 168 Å². The minimum atomic E-state index is -4.93. The van der Waals surface area contributed by atoms with Gasteiger partial charge in [-0.2, -0.15) is 26.3 Å². The van der Waals surface area contributed by atoms with Gasteiger partial charge < -0.3 is 14.2 Å². The van der Waals surface area contributed by atoms with Crippen LogP contribution in [0.2, 0.25) is 0 Å². The summed E-state index contributed by atoms with van der Waals surface area (Å²) < 4.78 is 80.9. The van der Waals surface area contributed by atoms with Crippen LogP contribution in [0.15, 0.2) is 36.8 Å². The maximum Gasteiger partial charge on any atom is 0.416 e. The van der Waals surface area contributed by atoms with E-state index in [0.717, 1.165) is 0 Å². The molecule has 0 amide bonds. The molecule has 11 heteroatoms. The van der Waals surface area contributed by atoms with Crippen molar-refractivity contribution in [3.63, 3.8) is 0 Å². The van der Waals surface area contributed by atoms with E-state index in [9.17, 15) is 26.3 Å². The van der Waals surface area contributed by atoms with Gasteiger partial charge in [0.05, 0.1) is 16.8 Å². The SMILES string of the molecule is CN(C)CCN(C)c1nc(-c2cc(C(F)(F)F)cc(C(F)(F)F)c2)cn2ccnc12. The number of alkyl halides is 6. The molecule has 30 heavy (non-hydrogen) atoms. The average Bonchev–Trinajstić information content (AvgIpc) is 3.12. The first-order valence-electron chi connectivity index (χ1n) is 8.85. The molecule has 0 N–H and O–H groups in total. The Morgan fingerprint density at radius 3 is 2.03 bits per heavy atom. The molecule has 0 bridgehead atoms. The molecule has 0 radical (unpaired) electrons. The van der Waals surface area contributed by atoms with E-state index in [-0.39, 0.29) is 17.3 Å². The summed E-state index contributed by atoms with van der Waals surface area (Å²) in [6.45, 7) is 1.19. The van der Waals surface area contributed by atoms with Crippen LogP contribution in [0.25, 0.3) is 16.9 Å². The largest absolute Gasteiger partial charge is 0.416 e. The number of fused-ring (bicyclic) bond motifs is 1. The number of nitrogens with zero attached hydrogens (tertiary/aromatic N) is 5. The monoisotopic (exact) mass is 431 g/mol. The maximum absolute atomic E-state index is 13.2. The van der Waals surface area contributed by atoms with Gasteiger partial charge in [0.25, 0.3) is 0 Å². The highest BCUT2D eigenvalue weighted by atomic mass is 19.4. The van der Waals surface area contributed by atoms with Gasteiger partial charge >= 0.3 is 12.4 Å². The van der Waals surface area contributed by atoms with E-state index in [1.807, 2.05) is 19.0 Å². The highest BCUT2D eigenvalue weighted by Crippen LogP contribution is 2.38. The molecule has 0 unspecified atom stereocenters. The molecule has 0 aliphatic carbocycles. The van der Waals surface area contributed by atoms with Crippen molar-refractivity contribution in [2.75, 3.05) is 39.1 Å². The van der Waals surface area contributed by atoms with Crippen LogP contribution in [0.1, 0.15) is 11.1 Å². The number of aromatic nitrogens is 3. The van der Waals surface area contributed by atoms with Crippen molar-refractivity contribution < 1.29 is 26.3 Å². The summed E-state index contributed by atoms with van der Waals surface area (Å²) in [6, 6.07) is 1.44. The molecule has 0 saturated heterocycles. The summed E-state index contributed by atoms with van der Waals surface area (Å²) in [5.41, 5.74) is -2.63. The quantitative estimate of drug-likeness (QED) is 0.560. The van der Waals surface area contributed by atoms with Crippen LogP contribution in [0.4, 0.5) is 32.2 Å². The third-order valence-corrected chi connectivity index (χ3v) is 4.48. The van der Waals surface area contributed by atoms with E-state index < -0.39 is 23.5 Å². The Kier molecular flexibility index (Phi) is 5.68. The summed E-state index contributed by atoms with van der Waals surface area (Å²) in [6.07, 6.45) is -5.46. The molecule has 0 saturated carbocycles. The molecule has 1 aromatic carbocycles. The zero-order chi connectivity index (χ0) is 22.3. The van der Waals surface area contributed by atoms with E-state index >= 15 is 0 Å². The lowest BCUT2D eigenvalue weighted by Crippen LogP contribution is -2.29. The molecule has 5 nitrogen and oxygen atoms in total. The molecule has 3 rings (SSSR count). The zero-order valence-corrected chi connectivity index (χ0v) is 16.4. The fraction of sp³-hybridized carbons (Fsp3) is 0.368. The fourth-order valence-electron chi connectivity index (χ4n) is 2.87. The molecular weight excluding hydrogens is 412 g/mol. The number of likely N-dealkylation sites (N-methyl/N-ethyl adjacent to an activating group) is 2. The third-order valence-electron chi connectivity index (χ3n) is 4.48. The number of imidazole rings is 1. The Balaban J connectivity index is 2.17. The first-order valence-corrected chi connectivity index (χ1v) is 8.85. The van der Waals surface area contributed by atoms with Crippen molar-refractivity contribution in [3.8, 4) is 11.3 Å². The Bertz CT molecular complexity index is 1010. The van der Waals surface area contributed by atoms with Crippen LogP contribution < -0.4 is 4.90 Å². The van der Waals surface area contributed by atoms with Crippen LogP contribution >= 0.6 is 0 Å². The number of hydrogen-bond donors (Lipinski definition) is 0. The first kappa shape index (κ1) is 21.9. The lowest BCUT2D eigenvalue weighted by Gasteiger charge is -2.22. The van der Waals surface area contributed by atoms with E-state index in [0.29, 0.717) is 36.7 Å². The van der Waals surface area contributed by atoms with Crippen molar-refractivity contribution in [1.29, 1.82) is 0 Å². The van der Waals surface area contributed by atoms with Crippen LogP contribution in [-0.2, 0) is 12.4 Å². The predicted molar refractivity (Wildman–Crippen MR) is 100 cm³/mol. The molecule has 2 aromatic heterocycles. The smallest absolute Gasteiger partial charge is 0.355 e. The summed E-state index contributed by atoms with van der Waals surface area (Å²) in [5, 5.41) is 0. The van der Waals surface area contributed by atoms with Gasteiger partial charge in [-0.05, 0) is 32.3 Å². The third kappa shape index (κ3) is 4.66. The topological polar surface area (TPSA) is 36.7 Å². The number of rotatable bonds is 5. The number of anilines is 1. The second-order valence-corrected chi connectivity index (χ2v) is 7.13. The van der Waals surface area contributed by atoms with Crippen molar-refractivity contribution in [2.45, 2.75) is 12.4 Å². The van der Waals surface area contributed by atoms with Gasteiger partial charge in [0.2, 0.25) is 0 Å². The summed E-state index contributed by atoms with van der Waals surface area (Å²) in [5.74, 6) is 0.352. The Hall–Kier alpha value is -2.82. The van der Waals surface area contributed by atoms with Gasteiger partial charge in [0.1, 0.15) is 0 Å². The van der Waals surface area contributed by atoms with Gasteiger partial charge in [0, 0.05) is 44.3 Å². The van der Waals surface area contributed by atoms with Gasteiger partial charge in [-0.1, -0.05) is 0 Å². The second-order valence-electron chi connectivity index (χ2n) is 7.13. The Morgan fingerprint density at radius 1 is 0.900 bits per heavy atom. The van der Waals surface area contributed by atoms with Crippen molar-refractivity contribution in [2.24, 2.45) is 0 Å². The van der Waals surface area contributed by atoms with Crippen LogP contribution in [0, 0.1) is 0 Å². The van der Waals surface area contributed by atoms with Crippen molar-refractivity contribution in [1.82, 2.24) is 19.3 Å². The highest BCUT2D eigenvalue weighted by Gasteiger charge is 2.37. The predicted octanol–water partition coefficient (Wildman–Crippen LogP) is 4.43. The van der Waals surface area contributed by atoms with Gasteiger partial charge in [0.15, 0.2) is 11.5 Å². The van der Waals surface area contributed by atoms with Gasteiger partial charge in [-0.25, -0.2) is 9.97 Å². The highest BCUT2D eigenvalue weighted by molar-refractivity contribution is 5.71. The number of halogens is 6. The molecule has 162 valence electrons. The van der Waals surface area contributed by atoms with Gasteiger partial charge in [-0.3, -0.25) is 0 Å². The standard InChI is InChI=1S/C19H19F6N5/c1-28(2)6-7-29(3)17-16-26-4-5-30(16)11-15(27-17)12-8-13(18(20,21)22)10-14(9-12)19(23,24)25/h4-5,8-11H,6-7H2,1-3H3. The minimum Gasteiger partial charge on any atom is -0.355 e. The van der Waals surface area contributed by atoms with E-state index in [1.165, 1.54) is 16.8 Å². The summed E-state index contributed by atoms with van der Waals surface area (Å²) in [7, 11) is 5.49. The lowest BCUT2D eigenvalue weighted by atomic mass is 10.0. The summed E-state index contributed by atoms with van der Waals surface area (Å²) >= 11 is 0. The molecule has 3 aromatic rings. The second kappa shape index (κ2) is 7.78. The maximum atomic E-state index is 13.2. The van der Waals surface area contributed by atoms with E-state index in [4.69, 9.17) is 0 Å². The first-order chi connectivity index (χ1) is 13.9. The van der Waals surface area contributed by atoms with Crippen LogP contribution in [-0.4, -0.2) is 53.5 Å². The summed E-state index contributed by atoms with van der Waals surface area (Å²) in [4.78, 5) is 12.2. The zero-order valence-electron chi connectivity index (χ0n) is 16.4. The molecule has 0 aliphatic heterocycles. The fourth-order valence-corrected chi connectivity index (χ4v) is 2.87. The molecule has 0 spiro atoms. The van der Waals surface area contributed by atoms with E-state index in [2.05, 4.69) is 9.97 Å². The van der Waals surface area contributed by atoms with Crippen molar-refractivity contribution >= 4 is 11.5 Å². The lowest BCUT2D eigenvalue weighted by molar-refractivity contribution is -0.143. The molecule has 0 fully saturated rings. The number of benzene rings is 1. The van der Waals surface area contributed by atoms with Crippen molar-refractivity contribution in [3.05, 3.63) is 47.9 Å². The van der Waals surface area contributed by atoms with Crippen LogP contribution in [0.5, 0.6) is 0 Å². The Morgan fingerprint density at radius 2 is 1.50 bits per heavy atom. The average molecular weight is 431 g/mol. The van der Waals surface area contributed by atoms with E-state index in [1.54, 1.807) is 18.1 Å². The molecule has 0 aliphatic rings. The van der Waals surface area contributed by atoms with Gasteiger partial charge in [-0.15, -0.1) is 0 Å². The molecular formula is C19H19F6N5.